The first-order chi connectivity index (χ1) is 11.7. The highest BCUT2D eigenvalue weighted by Crippen LogP contribution is 2.35. The first-order valence-corrected chi connectivity index (χ1v) is 8.44. The van der Waals surface area contributed by atoms with Crippen molar-refractivity contribution in [2.75, 3.05) is 23.3 Å². The van der Waals surface area contributed by atoms with E-state index in [2.05, 4.69) is 31.2 Å². The summed E-state index contributed by atoms with van der Waals surface area (Å²) in [7, 11) is 1.29. The molecule has 0 aliphatic heterocycles. The lowest BCUT2D eigenvalue weighted by Crippen LogP contribution is -2.21. The van der Waals surface area contributed by atoms with Crippen molar-refractivity contribution in [3.63, 3.8) is 0 Å². The Kier molecular flexibility index (Phi) is 5.76. The number of carbonyl (C=O) groups is 1. The van der Waals surface area contributed by atoms with Gasteiger partial charge in [0.05, 0.1) is 4.47 Å². The van der Waals surface area contributed by atoms with E-state index in [0.29, 0.717) is 5.69 Å². The number of rotatable bonds is 5. The SMILES string of the molecule is CCN(CC)c1ccc(NC(=O)c2c(Br)c(C(F)(F)F)nn2C)cc1. The number of anilines is 2. The Morgan fingerprint density at radius 3 is 2.24 bits per heavy atom. The van der Waals surface area contributed by atoms with Crippen LogP contribution >= 0.6 is 15.9 Å². The number of hydrogen-bond acceptors (Lipinski definition) is 3. The summed E-state index contributed by atoms with van der Waals surface area (Å²) in [4.78, 5) is 14.5. The summed E-state index contributed by atoms with van der Waals surface area (Å²) in [6.45, 7) is 5.78. The van der Waals surface area contributed by atoms with Crippen LogP contribution in [0.25, 0.3) is 0 Å². The summed E-state index contributed by atoms with van der Waals surface area (Å²) in [6, 6.07) is 7.12. The van der Waals surface area contributed by atoms with Crippen molar-refractivity contribution in [2.45, 2.75) is 20.0 Å². The number of amides is 1. The lowest BCUT2D eigenvalue weighted by molar-refractivity contribution is -0.142. The Bertz CT molecular complexity index is 752. The monoisotopic (exact) mass is 418 g/mol. The van der Waals surface area contributed by atoms with Crippen LogP contribution in [0.2, 0.25) is 0 Å². The molecule has 0 aliphatic rings. The molecule has 1 amide bonds. The highest BCUT2D eigenvalue weighted by atomic mass is 79.9. The number of carbonyl (C=O) groups excluding carboxylic acids is 1. The van der Waals surface area contributed by atoms with Crippen LogP contribution in [-0.2, 0) is 13.2 Å². The maximum absolute atomic E-state index is 12.9. The van der Waals surface area contributed by atoms with Gasteiger partial charge in [-0.3, -0.25) is 9.48 Å². The summed E-state index contributed by atoms with van der Waals surface area (Å²) >= 11 is 2.83. The van der Waals surface area contributed by atoms with Gasteiger partial charge in [0, 0.05) is 31.5 Å². The van der Waals surface area contributed by atoms with Crippen molar-refractivity contribution < 1.29 is 18.0 Å². The summed E-state index contributed by atoms with van der Waals surface area (Å²) in [5, 5.41) is 5.97. The molecule has 9 heteroatoms. The smallest absolute Gasteiger partial charge is 0.372 e. The summed E-state index contributed by atoms with van der Waals surface area (Å²) < 4.78 is 39.2. The molecule has 0 unspecified atom stereocenters. The number of benzene rings is 1. The van der Waals surface area contributed by atoms with Gasteiger partial charge < -0.3 is 10.2 Å². The molecule has 0 spiro atoms. The van der Waals surface area contributed by atoms with E-state index >= 15 is 0 Å². The molecule has 1 aromatic carbocycles. The van der Waals surface area contributed by atoms with E-state index in [1.165, 1.54) is 7.05 Å². The molecule has 2 aromatic rings. The average Bonchev–Trinajstić information content (AvgIpc) is 2.85. The fourth-order valence-corrected chi connectivity index (χ4v) is 3.20. The number of halogens is 4. The zero-order valence-corrected chi connectivity index (χ0v) is 15.6. The van der Waals surface area contributed by atoms with Crippen molar-refractivity contribution in [3.05, 3.63) is 40.1 Å². The highest BCUT2D eigenvalue weighted by molar-refractivity contribution is 9.10. The van der Waals surface area contributed by atoms with Crippen molar-refractivity contribution in [1.82, 2.24) is 9.78 Å². The molecule has 136 valence electrons. The quantitative estimate of drug-likeness (QED) is 0.787. The third-order valence-electron chi connectivity index (χ3n) is 3.73. The predicted octanol–water partition coefficient (Wildman–Crippen LogP) is 4.30. The van der Waals surface area contributed by atoms with E-state index in [-0.39, 0.29) is 10.2 Å². The number of alkyl halides is 3. The van der Waals surface area contributed by atoms with Gasteiger partial charge in [-0.2, -0.15) is 18.3 Å². The van der Waals surface area contributed by atoms with Crippen LogP contribution in [0.1, 0.15) is 30.0 Å². The van der Waals surface area contributed by atoms with Crippen molar-refractivity contribution in [2.24, 2.45) is 7.05 Å². The molecule has 2 rings (SSSR count). The first kappa shape index (κ1) is 19.3. The third-order valence-corrected chi connectivity index (χ3v) is 4.48. The van der Waals surface area contributed by atoms with Crippen LogP contribution in [0.15, 0.2) is 28.7 Å². The minimum absolute atomic E-state index is 0.194. The fraction of sp³-hybridized carbons (Fsp3) is 0.375. The Morgan fingerprint density at radius 1 is 1.24 bits per heavy atom. The molecule has 0 radical (unpaired) electrons. The molecule has 0 aliphatic carbocycles. The lowest BCUT2D eigenvalue weighted by Gasteiger charge is -2.21. The number of hydrogen-bond donors (Lipinski definition) is 1. The third kappa shape index (κ3) is 4.15. The van der Waals surface area contributed by atoms with E-state index in [1.54, 1.807) is 12.1 Å². The van der Waals surface area contributed by atoms with Gasteiger partial charge in [0.25, 0.3) is 5.91 Å². The van der Waals surface area contributed by atoms with Crippen molar-refractivity contribution in [1.29, 1.82) is 0 Å². The zero-order valence-electron chi connectivity index (χ0n) is 14.0. The Labute approximate surface area is 151 Å². The van der Waals surface area contributed by atoms with Gasteiger partial charge in [-0.25, -0.2) is 0 Å². The normalized spacial score (nSPS) is 11.5. The zero-order chi connectivity index (χ0) is 18.8. The van der Waals surface area contributed by atoms with Crippen molar-refractivity contribution >= 4 is 33.2 Å². The summed E-state index contributed by atoms with van der Waals surface area (Å²) in [5.41, 5.74) is 0.170. The molecule has 25 heavy (non-hydrogen) atoms. The molecule has 0 saturated carbocycles. The van der Waals surface area contributed by atoms with Crippen LogP contribution in [-0.4, -0.2) is 28.8 Å². The Morgan fingerprint density at radius 2 is 1.80 bits per heavy atom. The molecule has 1 N–H and O–H groups in total. The molecule has 0 saturated heterocycles. The minimum Gasteiger partial charge on any atom is -0.372 e. The van der Waals surface area contributed by atoms with Crippen LogP contribution < -0.4 is 10.2 Å². The Hall–Kier alpha value is -2.03. The molecule has 0 atom stereocenters. The van der Waals surface area contributed by atoms with E-state index in [4.69, 9.17) is 0 Å². The Balaban J connectivity index is 2.22. The maximum atomic E-state index is 12.9. The molecule has 1 aromatic heterocycles. The largest absolute Gasteiger partial charge is 0.436 e. The summed E-state index contributed by atoms with van der Waals surface area (Å²) in [6.07, 6.45) is -4.64. The number of nitrogens with one attached hydrogen (secondary N) is 1. The number of nitrogens with zero attached hydrogens (tertiary/aromatic N) is 3. The second-order valence-corrected chi connectivity index (χ2v) is 6.10. The van der Waals surface area contributed by atoms with E-state index in [0.717, 1.165) is 23.5 Å². The predicted molar refractivity (Wildman–Crippen MR) is 93.9 cm³/mol. The van der Waals surface area contributed by atoms with Gasteiger partial charge in [0.2, 0.25) is 0 Å². The van der Waals surface area contributed by atoms with Crippen LogP contribution in [0.4, 0.5) is 24.5 Å². The molecule has 1 heterocycles. The lowest BCUT2D eigenvalue weighted by atomic mass is 10.2. The van der Waals surface area contributed by atoms with Crippen molar-refractivity contribution in [3.8, 4) is 0 Å². The molecule has 0 bridgehead atoms. The number of aryl methyl sites for hydroxylation is 1. The van der Waals surface area contributed by atoms with Crippen LogP contribution in [0.5, 0.6) is 0 Å². The van der Waals surface area contributed by atoms with Gasteiger partial charge in [-0.1, -0.05) is 0 Å². The van der Waals surface area contributed by atoms with Gasteiger partial charge in [0.15, 0.2) is 5.69 Å². The van der Waals surface area contributed by atoms with Crippen LogP contribution in [0.3, 0.4) is 0 Å². The molecule has 0 fully saturated rings. The van der Waals surface area contributed by atoms with E-state index in [1.807, 2.05) is 26.0 Å². The second-order valence-electron chi connectivity index (χ2n) is 5.31. The van der Waals surface area contributed by atoms with Crippen LogP contribution in [0, 0.1) is 0 Å². The molecule has 5 nitrogen and oxygen atoms in total. The summed E-state index contributed by atoms with van der Waals surface area (Å²) in [5.74, 6) is -0.673. The van der Waals surface area contributed by atoms with Gasteiger partial charge in [-0.15, -0.1) is 0 Å². The molecular weight excluding hydrogens is 401 g/mol. The van der Waals surface area contributed by atoms with Gasteiger partial charge in [0.1, 0.15) is 5.69 Å². The van der Waals surface area contributed by atoms with E-state index < -0.39 is 17.8 Å². The second kappa shape index (κ2) is 7.47. The van der Waals surface area contributed by atoms with E-state index in [9.17, 15) is 18.0 Å². The topological polar surface area (TPSA) is 50.2 Å². The first-order valence-electron chi connectivity index (χ1n) is 7.65. The standard InChI is InChI=1S/C16H18BrF3N4O/c1-4-24(5-2)11-8-6-10(7-9-11)21-15(25)13-12(17)14(16(18,19)20)22-23(13)3/h6-9H,4-5H2,1-3H3,(H,21,25). The maximum Gasteiger partial charge on any atom is 0.436 e. The number of aromatic nitrogens is 2. The fourth-order valence-electron chi connectivity index (χ4n) is 2.46. The average molecular weight is 419 g/mol. The highest BCUT2D eigenvalue weighted by Gasteiger charge is 2.39. The van der Waals surface area contributed by atoms with Gasteiger partial charge >= 0.3 is 6.18 Å². The molecular formula is C16H18BrF3N4O. The van der Waals surface area contributed by atoms with Gasteiger partial charge in [-0.05, 0) is 54.0 Å². The minimum atomic E-state index is -4.64.